The normalized spacial score (nSPS) is 25.8. The molecule has 2 heterocycles. The number of nitrogens with two attached hydrogens (primary N) is 1. The second-order valence-corrected chi connectivity index (χ2v) is 11.8. The Hall–Kier alpha value is -2.09. The number of anilines is 2. The van der Waals surface area contributed by atoms with Crippen LogP contribution in [0.5, 0.6) is 0 Å². The summed E-state index contributed by atoms with van der Waals surface area (Å²) in [6.45, 7) is 5.20. The summed E-state index contributed by atoms with van der Waals surface area (Å²) in [6, 6.07) is 14.8. The molecule has 2 atom stereocenters. The summed E-state index contributed by atoms with van der Waals surface area (Å²) in [7, 11) is -3.30. The largest absolute Gasteiger partial charge is 0.397 e. The first-order valence-electron chi connectivity index (χ1n) is 11.2. The molecule has 0 bridgehead atoms. The van der Waals surface area contributed by atoms with Gasteiger partial charge in [0.15, 0.2) is 16.1 Å². The average Bonchev–Trinajstić information content (AvgIpc) is 3.68. The minimum Gasteiger partial charge on any atom is -0.397 e. The molecule has 1 saturated carbocycles. The molecule has 7 heteroatoms. The highest BCUT2D eigenvalue weighted by Crippen LogP contribution is 2.46. The lowest BCUT2D eigenvalue weighted by Gasteiger charge is -2.33. The molecule has 31 heavy (non-hydrogen) atoms. The Kier molecular flexibility index (Phi) is 5.23. The molecule has 3 N–H and O–H groups in total. The van der Waals surface area contributed by atoms with Crippen LogP contribution in [0, 0.1) is 5.41 Å². The maximum Gasteiger partial charge on any atom is 0.181 e. The van der Waals surface area contributed by atoms with Gasteiger partial charge in [0.1, 0.15) is 6.10 Å². The third-order valence-corrected chi connectivity index (χ3v) is 9.25. The monoisotopic (exact) mass is 441 g/mol. The topological polar surface area (TPSA) is 88.0 Å². The molecule has 2 aromatic rings. The van der Waals surface area contributed by atoms with Gasteiger partial charge in [0.2, 0.25) is 0 Å². The molecule has 2 aromatic carbocycles. The first-order chi connectivity index (χ1) is 14.8. The number of nitrogens with zero attached hydrogens (tertiary/aromatic N) is 1. The quantitative estimate of drug-likeness (QED) is 0.502. The number of piperidine rings is 1. The van der Waals surface area contributed by atoms with E-state index < -0.39 is 9.84 Å². The van der Waals surface area contributed by atoms with E-state index in [1.807, 2.05) is 36.4 Å². The van der Waals surface area contributed by atoms with Gasteiger partial charge in [0, 0.05) is 6.54 Å². The number of para-hydroxylation sites is 2. The number of likely N-dealkylation sites (tertiary alicyclic amines) is 1. The van der Waals surface area contributed by atoms with Gasteiger partial charge in [0.05, 0.1) is 21.5 Å². The Labute approximate surface area is 184 Å². The van der Waals surface area contributed by atoms with Crippen molar-refractivity contribution in [2.45, 2.75) is 55.1 Å². The van der Waals surface area contributed by atoms with Crippen molar-refractivity contribution in [3.05, 3.63) is 54.1 Å². The van der Waals surface area contributed by atoms with E-state index in [4.69, 9.17) is 10.5 Å². The van der Waals surface area contributed by atoms with Crippen molar-refractivity contribution in [2.75, 3.05) is 30.7 Å². The fraction of sp³-hybridized carbons (Fsp3) is 0.500. The predicted molar refractivity (Wildman–Crippen MR) is 123 cm³/mol. The Bertz CT molecular complexity index is 1040. The van der Waals surface area contributed by atoms with Gasteiger partial charge in [-0.1, -0.05) is 31.2 Å². The maximum absolute atomic E-state index is 13.2. The van der Waals surface area contributed by atoms with Crippen LogP contribution in [0.2, 0.25) is 0 Å². The van der Waals surface area contributed by atoms with E-state index in [2.05, 4.69) is 17.1 Å². The number of hydrogen-bond acceptors (Lipinski definition) is 6. The van der Waals surface area contributed by atoms with Crippen LogP contribution in [0.4, 0.5) is 11.4 Å². The van der Waals surface area contributed by atoms with Gasteiger partial charge in [0.25, 0.3) is 0 Å². The van der Waals surface area contributed by atoms with E-state index in [1.165, 1.54) is 12.8 Å². The standard InChI is InChI=1S/C24H31N3O3S/c1-24(12-13-24)16-27-14-10-19(11-15-27)31(28,29)18-8-6-17(7-9-18)22-23(30-22)26-21-5-3-2-4-20(21)25/h2-9,19,22-23,26H,10-16,25H2,1H3. The summed E-state index contributed by atoms with van der Waals surface area (Å²) >= 11 is 0. The number of hydrogen-bond donors (Lipinski definition) is 2. The average molecular weight is 442 g/mol. The van der Waals surface area contributed by atoms with Crippen LogP contribution in [-0.4, -0.2) is 44.4 Å². The van der Waals surface area contributed by atoms with Crippen molar-refractivity contribution in [3.8, 4) is 0 Å². The van der Waals surface area contributed by atoms with Crippen LogP contribution in [0.3, 0.4) is 0 Å². The Morgan fingerprint density at radius 3 is 2.42 bits per heavy atom. The van der Waals surface area contributed by atoms with Crippen LogP contribution in [-0.2, 0) is 14.6 Å². The summed E-state index contributed by atoms with van der Waals surface area (Å²) in [5.74, 6) is 0. The van der Waals surface area contributed by atoms with Crippen LogP contribution >= 0.6 is 0 Å². The Balaban J connectivity index is 1.18. The molecule has 3 fully saturated rings. The van der Waals surface area contributed by atoms with Crippen LogP contribution < -0.4 is 11.1 Å². The summed E-state index contributed by atoms with van der Waals surface area (Å²) in [5.41, 5.74) is 8.94. The van der Waals surface area contributed by atoms with Crippen molar-refractivity contribution in [1.82, 2.24) is 4.90 Å². The lowest BCUT2D eigenvalue weighted by Crippen LogP contribution is -2.41. The van der Waals surface area contributed by atoms with Gasteiger partial charge >= 0.3 is 0 Å². The summed E-state index contributed by atoms with van der Waals surface area (Å²) in [4.78, 5) is 2.86. The zero-order valence-corrected chi connectivity index (χ0v) is 18.8. The van der Waals surface area contributed by atoms with Gasteiger partial charge in [-0.15, -0.1) is 0 Å². The molecule has 5 rings (SSSR count). The summed E-state index contributed by atoms with van der Waals surface area (Å²) in [6.07, 6.45) is 3.80. The lowest BCUT2D eigenvalue weighted by atomic mass is 10.1. The zero-order valence-electron chi connectivity index (χ0n) is 18.0. The molecule has 0 amide bonds. The summed E-state index contributed by atoms with van der Waals surface area (Å²) < 4.78 is 32.0. The molecule has 3 aliphatic rings. The van der Waals surface area contributed by atoms with Crippen molar-refractivity contribution in [3.63, 3.8) is 0 Å². The Morgan fingerprint density at radius 1 is 1.10 bits per heavy atom. The van der Waals surface area contributed by atoms with E-state index in [0.717, 1.165) is 43.7 Å². The molecular weight excluding hydrogens is 410 g/mol. The molecule has 2 aliphatic heterocycles. The molecule has 6 nitrogen and oxygen atoms in total. The second-order valence-electron chi connectivity index (χ2n) is 9.61. The smallest absolute Gasteiger partial charge is 0.181 e. The maximum atomic E-state index is 13.2. The van der Waals surface area contributed by atoms with E-state index >= 15 is 0 Å². The van der Waals surface area contributed by atoms with E-state index in [-0.39, 0.29) is 17.6 Å². The Morgan fingerprint density at radius 2 is 1.77 bits per heavy atom. The van der Waals surface area contributed by atoms with E-state index in [0.29, 0.717) is 16.0 Å². The number of benzene rings is 2. The van der Waals surface area contributed by atoms with Crippen LogP contribution in [0.15, 0.2) is 53.4 Å². The van der Waals surface area contributed by atoms with Gasteiger partial charge in [-0.05, 0) is 74.0 Å². The van der Waals surface area contributed by atoms with Crippen molar-refractivity contribution >= 4 is 21.2 Å². The molecule has 1 aliphatic carbocycles. The number of rotatable bonds is 7. The fourth-order valence-electron chi connectivity index (χ4n) is 4.59. The minimum atomic E-state index is -3.30. The number of ether oxygens (including phenoxy) is 1. The number of sulfone groups is 1. The highest BCUT2D eigenvalue weighted by Gasteiger charge is 2.42. The third-order valence-electron chi connectivity index (χ3n) is 6.97. The van der Waals surface area contributed by atoms with Gasteiger partial charge in [-0.3, -0.25) is 0 Å². The van der Waals surface area contributed by atoms with Crippen molar-refractivity contribution in [1.29, 1.82) is 0 Å². The van der Waals surface area contributed by atoms with Crippen LogP contribution in [0.1, 0.15) is 44.3 Å². The molecular formula is C24H31N3O3S. The van der Waals surface area contributed by atoms with E-state index in [9.17, 15) is 8.42 Å². The van der Waals surface area contributed by atoms with Gasteiger partial charge < -0.3 is 20.7 Å². The highest BCUT2D eigenvalue weighted by atomic mass is 32.2. The lowest BCUT2D eigenvalue weighted by molar-refractivity contribution is 0.194. The first-order valence-corrected chi connectivity index (χ1v) is 12.7. The minimum absolute atomic E-state index is 0.0941. The van der Waals surface area contributed by atoms with Crippen LogP contribution in [0.25, 0.3) is 0 Å². The highest BCUT2D eigenvalue weighted by molar-refractivity contribution is 7.92. The van der Waals surface area contributed by atoms with Gasteiger partial charge in [-0.2, -0.15) is 0 Å². The summed E-state index contributed by atoms with van der Waals surface area (Å²) in [5, 5.41) is 3.00. The first kappa shape index (κ1) is 20.8. The SMILES string of the molecule is CC1(CN2CCC(S(=O)(=O)c3ccc(C4OC4Nc4ccccc4N)cc3)CC2)CC1. The van der Waals surface area contributed by atoms with Crippen molar-refractivity contribution in [2.24, 2.45) is 5.41 Å². The molecule has 0 aromatic heterocycles. The van der Waals surface area contributed by atoms with Crippen molar-refractivity contribution < 1.29 is 13.2 Å². The number of nitrogen functional groups attached to an aromatic ring is 1. The molecule has 2 unspecified atom stereocenters. The van der Waals surface area contributed by atoms with Gasteiger partial charge in [-0.25, -0.2) is 8.42 Å². The fourth-order valence-corrected chi connectivity index (χ4v) is 6.32. The molecule has 0 spiro atoms. The molecule has 0 radical (unpaired) electrons. The second kappa shape index (κ2) is 7.80. The molecule has 2 saturated heterocycles. The number of nitrogens with one attached hydrogen (secondary N) is 1. The van der Waals surface area contributed by atoms with E-state index in [1.54, 1.807) is 12.1 Å². The number of epoxide rings is 1. The third kappa shape index (κ3) is 4.45. The molecule has 166 valence electrons. The predicted octanol–water partition coefficient (Wildman–Crippen LogP) is 3.82. The zero-order chi connectivity index (χ0) is 21.6.